The first-order valence-electron chi connectivity index (χ1n) is 28.5. The van der Waals surface area contributed by atoms with Crippen molar-refractivity contribution in [3.8, 4) is 0 Å². The fourth-order valence-corrected chi connectivity index (χ4v) is 13.2. The van der Waals surface area contributed by atoms with Crippen LogP contribution >= 0.6 is 0 Å². The van der Waals surface area contributed by atoms with Crippen molar-refractivity contribution >= 4 is 8.32 Å². The fraction of sp³-hybridized carbons (Fsp3) is 1.00. The molecule has 0 bridgehead atoms. The highest BCUT2D eigenvalue weighted by atomic mass is 28.4. The fourth-order valence-electron chi connectivity index (χ4n) is 9.74. The van der Waals surface area contributed by atoms with E-state index >= 15 is 0 Å². The summed E-state index contributed by atoms with van der Waals surface area (Å²) in [5.41, 5.74) is 0. The van der Waals surface area contributed by atoms with Crippen LogP contribution in [0.5, 0.6) is 0 Å². The largest absolute Gasteiger partial charge is 0.297 e. The molecule has 1 nitrogen and oxygen atoms in total. The van der Waals surface area contributed by atoms with E-state index in [1.165, 1.54) is 289 Å². The van der Waals surface area contributed by atoms with Crippen LogP contribution in [0.1, 0.15) is 330 Å². The predicted octanol–water partition coefficient (Wildman–Crippen LogP) is 21.9. The first kappa shape index (κ1) is 59.2. The van der Waals surface area contributed by atoms with Gasteiger partial charge >= 0.3 is 0 Å². The van der Waals surface area contributed by atoms with E-state index in [9.17, 15) is 4.80 Å². The molecule has 0 N–H and O–H groups in total. The lowest BCUT2D eigenvalue weighted by atomic mass is 10.0. The molecule has 2 heteroatoms. The van der Waals surface area contributed by atoms with Gasteiger partial charge in [-0.1, -0.05) is 330 Å². The van der Waals surface area contributed by atoms with Crippen molar-refractivity contribution < 1.29 is 4.80 Å². The van der Waals surface area contributed by atoms with Gasteiger partial charge < -0.3 is 0 Å². The normalized spacial score (nSPS) is 12.3. The summed E-state index contributed by atoms with van der Waals surface area (Å²) in [4.78, 5) is 14.3. The molecule has 0 saturated carbocycles. The molecular weight excluding hydrogens is 729 g/mol. The monoisotopic (exact) mass is 846 g/mol. The van der Waals surface area contributed by atoms with Crippen molar-refractivity contribution in [2.75, 3.05) is 0 Å². The summed E-state index contributed by atoms with van der Waals surface area (Å²) in [6, 6.07) is 3.25. The van der Waals surface area contributed by atoms with Crippen molar-refractivity contribution in [1.82, 2.24) is 0 Å². The quantitative estimate of drug-likeness (QED) is 0.0429. The van der Waals surface area contributed by atoms with E-state index in [4.69, 9.17) is 0 Å². The van der Waals surface area contributed by atoms with E-state index in [0.717, 1.165) is 35.9 Å². The van der Waals surface area contributed by atoms with Gasteiger partial charge in [0.05, 0.1) is 0 Å². The topological polar surface area (TPSA) is 19.9 Å². The number of unbranched alkanes of at least 4 members (excludes halogenated alkanes) is 39. The van der Waals surface area contributed by atoms with E-state index < -0.39 is 8.32 Å². The van der Waals surface area contributed by atoms with E-state index in [2.05, 4.69) is 41.5 Å². The second-order valence-corrected chi connectivity index (χ2v) is 25.7. The molecule has 0 aliphatic carbocycles. The molecule has 0 aromatic carbocycles. The molecule has 0 rings (SSSR count). The van der Waals surface area contributed by atoms with Crippen LogP contribution in [-0.2, 0) is 4.80 Å². The van der Waals surface area contributed by atoms with Crippen molar-refractivity contribution in [3.63, 3.8) is 0 Å². The molecule has 0 heterocycles. The molecular formula is C57H117OSi. The van der Waals surface area contributed by atoms with E-state index in [1.54, 1.807) is 0 Å². The van der Waals surface area contributed by atoms with Crippen LogP contribution in [0.4, 0.5) is 0 Å². The molecule has 0 aliphatic heterocycles. The Labute approximate surface area is 377 Å². The molecule has 0 aromatic rings. The SMILES string of the molecule is CC(C)CCCCCCCCCCCCCCCC[Si]([O])(CCCCCCCCCCCCCCCCC(C)C)CCCCCCCCCCCCCCCCC(C)C. The zero-order valence-corrected chi connectivity index (χ0v) is 43.6. The molecule has 0 unspecified atom stereocenters. The first-order valence-corrected chi connectivity index (χ1v) is 31.0. The molecule has 0 aliphatic rings. The number of hydrogen-bond donors (Lipinski definition) is 0. The second-order valence-electron chi connectivity index (χ2n) is 21.8. The van der Waals surface area contributed by atoms with Gasteiger partial charge in [-0.3, -0.25) is 4.80 Å². The van der Waals surface area contributed by atoms with Crippen LogP contribution in [0.3, 0.4) is 0 Å². The molecule has 0 amide bonds. The van der Waals surface area contributed by atoms with Crippen LogP contribution in [0.15, 0.2) is 0 Å². The Morgan fingerprint density at radius 2 is 0.322 bits per heavy atom. The Hall–Kier alpha value is 0.177. The molecule has 355 valence electrons. The number of rotatable bonds is 51. The Morgan fingerprint density at radius 1 is 0.203 bits per heavy atom. The van der Waals surface area contributed by atoms with Crippen molar-refractivity contribution in [2.45, 2.75) is 349 Å². The van der Waals surface area contributed by atoms with Crippen molar-refractivity contribution in [2.24, 2.45) is 17.8 Å². The molecule has 59 heavy (non-hydrogen) atoms. The van der Waals surface area contributed by atoms with Crippen LogP contribution in [0.2, 0.25) is 18.1 Å². The second kappa shape index (κ2) is 47.7. The lowest BCUT2D eigenvalue weighted by Gasteiger charge is -2.23. The summed E-state index contributed by atoms with van der Waals surface area (Å²) in [6.07, 6.45) is 63.7. The van der Waals surface area contributed by atoms with Gasteiger partial charge in [0.25, 0.3) is 0 Å². The van der Waals surface area contributed by atoms with Crippen LogP contribution in [0, 0.1) is 17.8 Å². The Bertz CT molecular complexity index is 662. The Balaban J connectivity index is 4.10. The van der Waals surface area contributed by atoms with Gasteiger partial charge in [0, 0.05) is 0 Å². The van der Waals surface area contributed by atoms with Gasteiger partial charge in [-0.25, -0.2) is 0 Å². The first-order chi connectivity index (χ1) is 28.7. The molecule has 0 fully saturated rings. The maximum Gasteiger partial charge on any atom is 0.237 e. The minimum Gasteiger partial charge on any atom is -0.297 e. The zero-order valence-electron chi connectivity index (χ0n) is 42.6. The minimum absolute atomic E-state index is 0.878. The van der Waals surface area contributed by atoms with E-state index in [-0.39, 0.29) is 0 Å². The van der Waals surface area contributed by atoms with Crippen LogP contribution in [0.25, 0.3) is 0 Å². The third kappa shape index (κ3) is 50.7. The van der Waals surface area contributed by atoms with Gasteiger partial charge in [-0.15, -0.1) is 0 Å². The predicted molar refractivity (Wildman–Crippen MR) is 273 cm³/mol. The third-order valence-corrected chi connectivity index (χ3v) is 17.8. The zero-order chi connectivity index (χ0) is 43.2. The smallest absolute Gasteiger partial charge is 0.237 e. The van der Waals surface area contributed by atoms with Gasteiger partial charge in [0.2, 0.25) is 8.32 Å². The Kier molecular flexibility index (Phi) is 47.8. The molecule has 1 radical (unpaired) electrons. The average molecular weight is 847 g/mol. The van der Waals surface area contributed by atoms with Crippen molar-refractivity contribution in [1.29, 1.82) is 0 Å². The average Bonchev–Trinajstić information content (AvgIpc) is 3.20. The highest BCUT2D eigenvalue weighted by Crippen LogP contribution is 2.29. The lowest BCUT2D eigenvalue weighted by molar-refractivity contribution is 0.397. The molecule has 0 atom stereocenters. The van der Waals surface area contributed by atoms with E-state index in [1.807, 2.05) is 0 Å². The highest BCUT2D eigenvalue weighted by molar-refractivity contribution is 6.72. The summed E-state index contributed by atoms with van der Waals surface area (Å²) in [7, 11) is -2.33. The van der Waals surface area contributed by atoms with Crippen LogP contribution in [-0.4, -0.2) is 8.32 Å². The standard InChI is InChI=1S/C57H117OSi/c1-55(2)49-43-37-31-25-19-13-7-10-16-22-28-34-40-46-52-59(58,53-47-41-35-29-23-17-11-8-14-20-26-32-38-44-50-56(3)4)54-48-42-36-30-24-18-12-9-15-21-27-33-39-45-51-57(5)6/h55-57H,7-54H2,1-6H3. The highest BCUT2D eigenvalue weighted by Gasteiger charge is 2.31. The third-order valence-electron chi connectivity index (χ3n) is 14.0. The lowest BCUT2D eigenvalue weighted by Crippen LogP contribution is -2.32. The molecule has 0 saturated heterocycles. The van der Waals surface area contributed by atoms with Gasteiger partial charge in [-0.05, 0) is 35.9 Å². The van der Waals surface area contributed by atoms with Crippen LogP contribution < -0.4 is 0 Å². The Morgan fingerprint density at radius 3 is 0.458 bits per heavy atom. The summed E-state index contributed by atoms with van der Waals surface area (Å²) in [5.74, 6) is 2.63. The van der Waals surface area contributed by atoms with Gasteiger partial charge in [0.1, 0.15) is 0 Å². The number of hydrogen-bond acceptors (Lipinski definition) is 0. The summed E-state index contributed by atoms with van der Waals surface area (Å²) < 4.78 is 0. The molecule has 0 spiro atoms. The van der Waals surface area contributed by atoms with Gasteiger partial charge in [-0.2, -0.15) is 0 Å². The minimum atomic E-state index is -2.33. The van der Waals surface area contributed by atoms with E-state index in [0.29, 0.717) is 0 Å². The maximum atomic E-state index is 14.3. The summed E-state index contributed by atoms with van der Waals surface area (Å²) >= 11 is 0. The maximum absolute atomic E-state index is 14.3. The molecule has 0 aromatic heterocycles. The van der Waals surface area contributed by atoms with Gasteiger partial charge in [0.15, 0.2) is 0 Å². The summed E-state index contributed by atoms with van der Waals surface area (Å²) in [5, 5.41) is 0. The summed E-state index contributed by atoms with van der Waals surface area (Å²) in [6.45, 7) is 14.1. The van der Waals surface area contributed by atoms with Crippen molar-refractivity contribution in [3.05, 3.63) is 0 Å².